The zero-order chi connectivity index (χ0) is 25.3. The average molecular weight is 531 g/mol. The number of hydrogen-bond acceptors (Lipinski definition) is 5. The van der Waals surface area contributed by atoms with Crippen molar-refractivity contribution >= 4 is 40.7 Å². The molecule has 2 aromatic carbocycles. The lowest BCUT2D eigenvalue weighted by Crippen LogP contribution is -2.56. The van der Waals surface area contributed by atoms with Crippen LogP contribution in [-0.2, 0) is 19.9 Å². The van der Waals surface area contributed by atoms with Crippen molar-refractivity contribution in [1.82, 2.24) is 15.1 Å². The third-order valence-electron chi connectivity index (χ3n) is 8.00. The van der Waals surface area contributed by atoms with Gasteiger partial charge in [-0.3, -0.25) is 9.59 Å². The van der Waals surface area contributed by atoms with Crippen LogP contribution in [0.5, 0.6) is 0 Å². The minimum Gasteiger partial charge on any atom is -0.367 e. The molecule has 1 spiro atoms. The van der Waals surface area contributed by atoms with Crippen LogP contribution in [0, 0.1) is 0 Å². The summed E-state index contributed by atoms with van der Waals surface area (Å²) in [6.07, 6.45) is 2.24. The van der Waals surface area contributed by atoms with Gasteiger partial charge in [0.15, 0.2) is 0 Å². The molecule has 1 atom stereocenters. The first kappa shape index (κ1) is 25.3. The maximum atomic E-state index is 12.9. The van der Waals surface area contributed by atoms with E-state index in [1.54, 1.807) is 13.0 Å². The minimum atomic E-state index is -0.605. The number of ether oxygens (including phenoxy) is 1. The van der Waals surface area contributed by atoms with Crippen LogP contribution in [0.25, 0.3) is 0 Å². The van der Waals surface area contributed by atoms with Crippen LogP contribution in [0.2, 0.25) is 10.0 Å². The summed E-state index contributed by atoms with van der Waals surface area (Å²) in [7, 11) is 0. The van der Waals surface area contributed by atoms with Crippen LogP contribution in [-0.4, -0.2) is 73.2 Å². The molecule has 192 valence electrons. The minimum absolute atomic E-state index is 0.0414. The number of amides is 2. The molecule has 0 aromatic heterocycles. The van der Waals surface area contributed by atoms with E-state index in [2.05, 4.69) is 27.2 Å². The third kappa shape index (κ3) is 4.70. The van der Waals surface area contributed by atoms with E-state index < -0.39 is 11.1 Å². The number of carbonyl (C=O) groups is 2. The quantitative estimate of drug-likeness (QED) is 0.613. The molecule has 1 unspecified atom stereocenters. The highest BCUT2D eigenvalue weighted by molar-refractivity contribution is 6.42. The fourth-order valence-electron chi connectivity index (χ4n) is 5.82. The molecule has 0 radical (unpaired) electrons. The Hall–Kier alpha value is -2.32. The average Bonchev–Trinajstić information content (AvgIpc) is 3.46. The van der Waals surface area contributed by atoms with Crippen LogP contribution >= 0.6 is 23.2 Å². The summed E-state index contributed by atoms with van der Waals surface area (Å²) in [4.78, 5) is 31.4. The smallest absolute Gasteiger partial charge is 0.247 e. The first-order valence-electron chi connectivity index (χ1n) is 12.5. The molecule has 2 amide bonds. The standard InChI is InChI=1S/C27H32Cl2N4O3/c1-20(34)32-14-11-27(18-32,21-7-8-23(28)24(29)17-21)36-16-15-31-12-9-26(10-13-31)25(35)30-19-33(26)22-5-3-2-4-6-22/h2-8,17H,9-16,18-19H2,1H3,(H,30,35). The number of piperidine rings is 1. The number of halogens is 2. The monoisotopic (exact) mass is 530 g/mol. The van der Waals surface area contributed by atoms with Gasteiger partial charge in [-0.25, -0.2) is 0 Å². The first-order chi connectivity index (χ1) is 17.3. The van der Waals surface area contributed by atoms with Gasteiger partial charge in [0.05, 0.1) is 29.9 Å². The normalized spacial score (nSPS) is 23.9. The van der Waals surface area contributed by atoms with E-state index in [0.29, 0.717) is 42.8 Å². The second-order valence-electron chi connectivity index (χ2n) is 9.96. The van der Waals surface area contributed by atoms with Gasteiger partial charge in [0.25, 0.3) is 0 Å². The Morgan fingerprint density at radius 1 is 1.03 bits per heavy atom. The Labute approximate surface area is 222 Å². The van der Waals surface area contributed by atoms with Crippen molar-refractivity contribution in [3.63, 3.8) is 0 Å². The highest BCUT2D eigenvalue weighted by atomic mass is 35.5. The molecule has 3 heterocycles. The van der Waals surface area contributed by atoms with Gasteiger partial charge in [-0.05, 0) is 49.1 Å². The van der Waals surface area contributed by atoms with Crippen LogP contribution in [0.1, 0.15) is 31.7 Å². The number of nitrogens with one attached hydrogen (secondary N) is 1. The molecule has 3 fully saturated rings. The fraction of sp³-hybridized carbons (Fsp3) is 0.481. The van der Waals surface area contributed by atoms with Crippen molar-refractivity contribution in [2.24, 2.45) is 0 Å². The molecule has 1 N–H and O–H groups in total. The molecule has 9 heteroatoms. The molecular formula is C27H32Cl2N4O3. The lowest BCUT2D eigenvalue weighted by Gasteiger charge is -2.43. The van der Waals surface area contributed by atoms with E-state index in [0.717, 1.165) is 43.7 Å². The maximum Gasteiger partial charge on any atom is 0.247 e. The van der Waals surface area contributed by atoms with Gasteiger partial charge in [0, 0.05) is 38.8 Å². The van der Waals surface area contributed by atoms with Crippen LogP contribution in [0.15, 0.2) is 48.5 Å². The SMILES string of the molecule is CC(=O)N1CCC(OCCN2CCC3(CC2)C(=O)NCN3c2ccccc2)(c2ccc(Cl)c(Cl)c2)C1. The summed E-state index contributed by atoms with van der Waals surface area (Å²) in [5, 5.41) is 4.04. The molecule has 2 aromatic rings. The Bertz CT molecular complexity index is 1120. The lowest BCUT2D eigenvalue weighted by atomic mass is 9.85. The molecule has 0 bridgehead atoms. The third-order valence-corrected chi connectivity index (χ3v) is 8.74. The van der Waals surface area contributed by atoms with Crippen molar-refractivity contribution in [1.29, 1.82) is 0 Å². The van der Waals surface area contributed by atoms with Gasteiger partial charge in [-0.1, -0.05) is 47.5 Å². The van der Waals surface area contributed by atoms with Gasteiger partial charge in [0.1, 0.15) is 11.1 Å². The number of benzene rings is 2. The molecular weight excluding hydrogens is 499 g/mol. The number of carbonyl (C=O) groups excluding carboxylic acids is 2. The summed E-state index contributed by atoms with van der Waals surface area (Å²) in [5.41, 5.74) is 0.923. The highest BCUT2D eigenvalue weighted by Crippen LogP contribution is 2.39. The Kier molecular flexibility index (Phi) is 7.18. The predicted octanol–water partition coefficient (Wildman–Crippen LogP) is 3.89. The summed E-state index contributed by atoms with van der Waals surface area (Å²) < 4.78 is 6.56. The van der Waals surface area contributed by atoms with E-state index in [1.165, 1.54) is 0 Å². The number of anilines is 1. The molecule has 3 aliphatic rings. The van der Waals surface area contributed by atoms with Crippen LogP contribution in [0.4, 0.5) is 5.69 Å². The number of likely N-dealkylation sites (tertiary alicyclic amines) is 2. The molecule has 0 aliphatic carbocycles. The topological polar surface area (TPSA) is 65.1 Å². The summed E-state index contributed by atoms with van der Waals surface area (Å²) in [6, 6.07) is 15.7. The van der Waals surface area contributed by atoms with Crippen molar-refractivity contribution in [2.75, 3.05) is 50.9 Å². The van der Waals surface area contributed by atoms with E-state index in [4.69, 9.17) is 27.9 Å². The van der Waals surface area contributed by atoms with E-state index in [9.17, 15) is 9.59 Å². The van der Waals surface area contributed by atoms with Crippen molar-refractivity contribution in [2.45, 2.75) is 37.3 Å². The molecule has 3 saturated heterocycles. The molecule has 7 nitrogen and oxygen atoms in total. The number of nitrogens with zero attached hydrogens (tertiary/aromatic N) is 3. The molecule has 3 aliphatic heterocycles. The van der Waals surface area contributed by atoms with Crippen LogP contribution in [0.3, 0.4) is 0 Å². The zero-order valence-electron chi connectivity index (χ0n) is 20.5. The summed E-state index contributed by atoms with van der Waals surface area (Å²) in [6.45, 7) is 6.19. The summed E-state index contributed by atoms with van der Waals surface area (Å²) in [5.74, 6) is 0.163. The van der Waals surface area contributed by atoms with Gasteiger partial charge < -0.3 is 24.8 Å². The second kappa shape index (κ2) is 10.2. The Morgan fingerprint density at radius 3 is 2.44 bits per heavy atom. The Balaban J connectivity index is 1.23. The van der Waals surface area contributed by atoms with Crippen molar-refractivity contribution in [3.8, 4) is 0 Å². The van der Waals surface area contributed by atoms with Gasteiger partial charge in [-0.2, -0.15) is 0 Å². The van der Waals surface area contributed by atoms with E-state index in [1.807, 2.05) is 35.2 Å². The van der Waals surface area contributed by atoms with E-state index >= 15 is 0 Å². The molecule has 36 heavy (non-hydrogen) atoms. The fourth-order valence-corrected chi connectivity index (χ4v) is 6.11. The largest absolute Gasteiger partial charge is 0.367 e. The number of para-hydroxylation sites is 1. The van der Waals surface area contributed by atoms with Gasteiger partial charge in [-0.15, -0.1) is 0 Å². The van der Waals surface area contributed by atoms with Gasteiger partial charge in [0.2, 0.25) is 11.8 Å². The zero-order valence-corrected chi connectivity index (χ0v) is 22.0. The van der Waals surface area contributed by atoms with Crippen molar-refractivity contribution in [3.05, 3.63) is 64.1 Å². The predicted molar refractivity (Wildman–Crippen MR) is 141 cm³/mol. The second-order valence-corrected chi connectivity index (χ2v) is 10.8. The number of rotatable bonds is 6. The van der Waals surface area contributed by atoms with E-state index in [-0.39, 0.29) is 11.8 Å². The van der Waals surface area contributed by atoms with Gasteiger partial charge >= 0.3 is 0 Å². The maximum absolute atomic E-state index is 12.9. The molecule has 0 saturated carbocycles. The highest BCUT2D eigenvalue weighted by Gasteiger charge is 2.50. The molecule has 5 rings (SSSR count). The number of hydrogen-bond donors (Lipinski definition) is 1. The first-order valence-corrected chi connectivity index (χ1v) is 13.3. The Morgan fingerprint density at radius 2 is 1.78 bits per heavy atom. The summed E-state index contributed by atoms with van der Waals surface area (Å²) >= 11 is 12.5. The van der Waals surface area contributed by atoms with Crippen molar-refractivity contribution < 1.29 is 14.3 Å². The van der Waals surface area contributed by atoms with Crippen LogP contribution < -0.4 is 10.2 Å². The lowest BCUT2D eigenvalue weighted by molar-refractivity contribution is -0.130.